The molecule has 1 aliphatic rings. The number of benzene rings is 3. The van der Waals surface area contributed by atoms with Crippen LogP contribution in [0.3, 0.4) is 0 Å². The van der Waals surface area contributed by atoms with Crippen molar-refractivity contribution < 1.29 is 14.0 Å². The summed E-state index contributed by atoms with van der Waals surface area (Å²) in [5, 5.41) is 0. The molecule has 0 bridgehead atoms. The first-order valence-corrected chi connectivity index (χ1v) is 10.7. The van der Waals surface area contributed by atoms with Crippen LogP contribution in [-0.2, 0) is 0 Å². The van der Waals surface area contributed by atoms with Gasteiger partial charge >= 0.3 is 0 Å². The second kappa shape index (κ2) is 9.62. The number of hydrogen-bond donors (Lipinski definition) is 0. The molecule has 0 spiro atoms. The first-order chi connectivity index (χ1) is 14.8. The maximum absolute atomic E-state index is 5.41. The Hall–Kier alpha value is -3.07. The molecule has 0 saturated carbocycles. The van der Waals surface area contributed by atoms with Crippen LogP contribution < -0.4 is 9.47 Å². The van der Waals surface area contributed by atoms with E-state index in [4.69, 9.17) is 9.47 Å². The Morgan fingerprint density at radius 1 is 0.667 bits per heavy atom. The lowest BCUT2D eigenvalue weighted by Crippen LogP contribution is -2.20. The first kappa shape index (κ1) is 20.2. The van der Waals surface area contributed by atoms with E-state index < -0.39 is 0 Å². The summed E-state index contributed by atoms with van der Waals surface area (Å²) < 4.78 is 13.3. The van der Waals surface area contributed by atoms with E-state index in [1.165, 1.54) is 29.5 Å². The van der Waals surface area contributed by atoms with Gasteiger partial charge in [0.15, 0.2) is 0 Å². The summed E-state index contributed by atoms with van der Waals surface area (Å²) in [4.78, 5) is 0. The van der Waals surface area contributed by atoms with E-state index >= 15 is 0 Å². The summed E-state index contributed by atoms with van der Waals surface area (Å²) in [7, 11) is 3.42. The van der Waals surface area contributed by atoms with Crippen LogP contribution in [0.4, 0.5) is 0 Å². The third-order valence-corrected chi connectivity index (χ3v) is 6.01. The Balaban J connectivity index is 1.84. The minimum atomic E-state index is 0.199. The summed E-state index contributed by atoms with van der Waals surface area (Å²) in [6.07, 6.45) is 5.00. The van der Waals surface area contributed by atoms with Gasteiger partial charge in [-0.05, 0) is 41.0 Å². The van der Waals surface area contributed by atoms with E-state index in [-0.39, 0.29) is 11.8 Å². The van der Waals surface area contributed by atoms with Crippen molar-refractivity contribution >= 4 is 6.21 Å². The zero-order valence-electron chi connectivity index (χ0n) is 17.8. The third kappa shape index (κ3) is 4.56. The molecule has 0 aromatic heterocycles. The van der Waals surface area contributed by atoms with Gasteiger partial charge in [0.1, 0.15) is 30.8 Å². The van der Waals surface area contributed by atoms with Crippen LogP contribution >= 0.6 is 0 Å². The smallest absolute Gasteiger partial charge is 0.148 e. The highest BCUT2D eigenvalue weighted by Gasteiger charge is 2.29. The van der Waals surface area contributed by atoms with Gasteiger partial charge in [-0.2, -0.15) is 0 Å². The minimum Gasteiger partial charge on any atom is -0.497 e. The summed E-state index contributed by atoms with van der Waals surface area (Å²) in [6.45, 7) is 2.28. The van der Waals surface area contributed by atoms with Gasteiger partial charge in [-0.3, -0.25) is 0 Å². The topological polar surface area (TPSA) is 21.5 Å². The average molecular weight is 401 g/mol. The van der Waals surface area contributed by atoms with E-state index in [2.05, 4.69) is 89.7 Å². The van der Waals surface area contributed by atoms with Crippen molar-refractivity contribution in [3.8, 4) is 11.5 Å². The van der Waals surface area contributed by atoms with Gasteiger partial charge in [0.05, 0.1) is 20.1 Å². The second-order valence-corrected chi connectivity index (χ2v) is 7.85. The maximum Gasteiger partial charge on any atom is 0.148 e. The van der Waals surface area contributed by atoms with Crippen molar-refractivity contribution in [1.82, 2.24) is 0 Å². The van der Waals surface area contributed by atoms with E-state index in [1.807, 2.05) is 0 Å². The van der Waals surface area contributed by atoms with Crippen LogP contribution in [0.5, 0.6) is 11.5 Å². The Morgan fingerprint density at radius 3 is 1.63 bits per heavy atom. The lowest BCUT2D eigenvalue weighted by molar-refractivity contribution is -0.502. The summed E-state index contributed by atoms with van der Waals surface area (Å²) in [5.41, 5.74) is 3.90. The predicted octanol–water partition coefficient (Wildman–Crippen LogP) is 5.50. The fraction of sp³-hybridized carbons (Fsp3) is 0.296. The average Bonchev–Trinajstić information content (AvgIpc) is 3.33. The van der Waals surface area contributed by atoms with E-state index in [0.717, 1.165) is 24.6 Å². The van der Waals surface area contributed by atoms with Gasteiger partial charge in [-0.1, -0.05) is 54.6 Å². The summed E-state index contributed by atoms with van der Waals surface area (Å²) in [6, 6.07) is 27.9. The van der Waals surface area contributed by atoms with Crippen LogP contribution in [0.1, 0.15) is 41.4 Å². The first-order valence-electron chi connectivity index (χ1n) is 10.7. The molecule has 3 heteroatoms. The Morgan fingerprint density at radius 2 is 1.17 bits per heavy atom. The zero-order valence-corrected chi connectivity index (χ0v) is 17.8. The quantitative estimate of drug-likeness (QED) is 0.489. The Kier molecular flexibility index (Phi) is 6.48. The number of methoxy groups -OCH3 is 2. The molecule has 30 heavy (non-hydrogen) atoms. The van der Waals surface area contributed by atoms with Gasteiger partial charge in [-0.25, -0.2) is 4.58 Å². The van der Waals surface area contributed by atoms with Crippen molar-refractivity contribution in [2.75, 3.05) is 27.3 Å². The van der Waals surface area contributed by atoms with Crippen LogP contribution in [-0.4, -0.2) is 38.1 Å². The molecular formula is C27H30NO2+. The maximum atomic E-state index is 5.41. The van der Waals surface area contributed by atoms with Crippen LogP contribution in [0.15, 0.2) is 78.9 Å². The van der Waals surface area contributed by atoms with Crippen molar-refractivity contribution in [1.29, 1.82) is 0 Å². The normalized spacial score (nSPS) is 14.6. The van der Waals surface area contributed by atoms with Crippen molar-refractivity contribution in [3.63, 3.8) is 0 Å². The fourth-order valence-electron chi connectivity index (χ4n) is 4.39. The van der Waals surface area contributed by atoms with E-state index in [9.17, 15) is 0 Å². The highest BCUT2D eigenvalue weighted by atomic mass is 16.5. The lowest BCUT2D eigenvalue weighted by Gasteiger charge is -2.25. The number of hydrogen-bond acceptors (Lipinski definition) is 2. The van der Waals surface area contributed by atoms with Crippen molar-refractivity contribution in [2.24, 2.45) is 0 Å². The number of ether oxygens (including phenoxy) is 2. The molecule has 3 nitrogen and oxygen atoms in total. The third-order valence-electron chi connectivity index (χ3n) is 6.01. The molecule has 154 valence electrons. The Labute approximate surface area is 179 Å². The predicted molar refractivity (Wildman–Crippen MR) is 122 cm³/mol. The molecule has 1 heterocycles. The van der Waals surface area contributed by atoms with Gasteiger partial charge in [-0.15, -0.1) is 0 Å². The SMILES string of the molecule is COc1ccc(C(c2ccc(OC)cc2)[C@@H](C=[N+]2CCCC2)c2ccccc2)cc1. The van der Waals surface area contributed by atoms with Gasteiger partial charge in [0.2, 0.25) is 0 Å². The van der Waals surface area contributed by atoms with Crippen LogP contribution in [0.25, 0.3) is 0 Å². The van der Waals surface area contributed by atoms with E-state index in [1.54, 1.807) is 14.2 Å². The molecule has 0 amide bonds. The monoisotopic (exact) mass is 400 g/mol. The molecule has 0 N–H and O–H groups in total. The molecule has 1 saturated heterocycles. The van der Waals surface area contributed by atoms with Crippen LogP contribution in [0.2, 0.25) is 0 Å². The molecule has 0 radical (unpaired) electrons. The molecule has 1 fully saturated rings. The van der Waals surface area contributed by atoms with Gasteiger partial charge in [0.25, 0.3) is 0 Å². The van der Waals surface area contributed by atoms with Crippen molar-refractivity contribution in [2.45, 2.75) is 24.7 Å². The molecular weight excluding hydrogens is 370 g/mol. The standard InChI is InChI=1S/C27H30NO2/c1-29-24-14-10-22(11-15-24)27(23-12-16-25(30-2)17-13-23)26(20-28-18-6-7-19-28)21-8-4-3-5-9-21/h3-5,8-17,20,26-27H,6-7,18-19H2,1-2H3/q+1/t26-/m0/s1. The molecule has 3 aromatic carbocycles. The summed E-state index contributed by atoms with van der Waals surface area (Å²) >= 11 is 0. The zero-order chi connectivity index (χ0) is 20.8. The van der Waals surface area contributed by atoms with Crippen LogP contribution in [0, 0.1) is 0 Å². The molecule has 4 rings (SSSR count). The Bertz CT molecular complexity index is 907. The molecule has 1 aliphatic heterocycles. The molecule has 1 atom stereocenters. The highest BCUT2D eigenvalue weighted by molar-refractivity contribution is 5.67. The largest absolute Gasteiger partial charge is 0.497 e. The second-order valence-electron chi connectivity index (χ2n) is 7.85. The number of rotatable bonds is 7. The number of nitrogens with zero attached hydrogens (tertiary/aromatic N) is 1. The van der Waals surface area contributed by atoms with Gasteiger partial charge in [0, 0.05) is 18.8 Å². The molecule has 3 aromatic rings. The summed E-state index contributed by atoms with van der Waals surface area (Å²) in [5.74, 6) is 2.20. The van der Waals surface area contributed by atoms with Crippen molar-refractivity contribution in [3.05, 3.63) is 95.6 Å². The molecule has 0 unspecified atom stereocenters. The van der Waals surface area contributed by atoms with E-state index in [0.29, 0.717) is 0 Å². The van der Waals surface area contributed by atoms with Gasteiger partial charge < -0.3 is 9.47 Å². The minimum absolute atomic E-state index is 0.199. The molecule has 0 aliphatic carbocycles. The highest BCUT2D eigenvalue weighted by Crippen LogP contribution is 2.39. The fourth-order valence-corrected chi connectivity index (χ4v) is 4.39. The lowest BCUT2D eigenvalue weighted by atomic mass is 9.77.